The number of hydrogen-bond donors (Lipinski definition) is 1. The van der Waals surface area contributed by atoms with Crippen LogP contribution in [0, 0.1) is 6.92 Å². The maximum Gasteiger partial charge on any atom is 0.265 e. The molecule has 0 radical (unpaired) electrons. The van der Waals surface area contributed by atoms with Crippen molar-refractivity contribution in [3.05, 3.63) is 57.5 Å². The van der Waals surface area contributed by atoms with Gasteiger partial charge in [-0.3, -0.25) is 4.79 Å². The first-order valence-corrected chi connectivity index (χ1v) is 7.62. The summed E-state index contributed by atoms with van der Waals surface area (Å²) in [4.78, 5) is 12.1. The van der Waals surface area contributed by atoms with E-state index in [4.69, 9.17) is 16.3 Å². The Hall–Kier alpha value is -1.52. The van der Waals surface area contributed by atoms with Crippen molar-refractivity contribution in [2.45, 2.75) is 20.0 Å². The van der Waals surface area contributed by atoms with E-state index in [0.717, 1.165) is 10.0 Å². The quantitative estimate of drug-likeness (QED) is 0.840. The van der Waals surface area contributed by atoms with E-state index in [-0.39, 0.29) is 5.91 Å². The Morgan fingerprint density at radius 2 is 2.05 bits per heavy atom. The molecule has 0 aliphatic heterocycles. The Morgan fingerprint density at radius 3 is 2.71 bits per heavy atom. The molecule has 0 saturated heterocycles. The third-order valence-electron chi connectivity index (χ3n) is 2.92. The number of rotatable bonds is 4. The van der Waals surface area contributed by atoms with Crippen molar-refractivity contribution in [3.8, 4) is 5.75 Å². The van der Waals surface area contributed by atoms with Gasteiger partial charge in [-0.1, -0.05) is 39.7 Å². The van der Waals surface area contributed by atoms with Crippen LogP contribution >= 0.6 is 27.5 Å². The second kappa shape index (κ2) is 6.96. The number of benzene rings is 2. The molecule has 5 heteroatoms. The smallest absolute Gasteiger partial charge is 0.265 e. The first-order chi connectivity index (χ1) is 9.95. The van der Waals surface area contributed by atoms with Crippen LogP contribution in [0.1, 0.15) is 12.5 Å². The predicted octanol–water partition coefficient (Wildman–Crippen LogP) is 4.82. The van der Waals surface area contributed by atoms with Crippen LogP contribution in [0.4, 0.5) is 5.69 Å². The zero-order valence-electron chi connectivity index (χ0n) is 11.7. The molecule has 3 nitrogen and oxygen atoms in total. The summed E-state index contributed by atoms with van der Waals surface area (Å²) >= 11 is 9.40. The fourth-order valence-corrected chi connectivity index (χ4v) is 2.27. The molecule has 1 unspecified atom stereocenters. The van der Waals surface area contributed by atoms with E-state index < -0.39 is 6.10 Å². The number of hydrogen-bond acceptors (Lipinski definition) is 2. The van der Waals surface area contributed by atoms with Gasteiger partial charge in [-0.05, 0) is 49.7 Å². The fraction of sp³-hybridized carbons (Fsp3) is 0.188. The third kappa shape index (κ3) is 4.48. The summed E-state index contributed by atoms with van der Waals surface area (Å²) in [5.74, 6) is 0.406. The average Bonchev–Trinajstić information content (AvgIpc) is 2.43. The van der Waals surface area contributed by atoms with Gasteiger partial charge in [0.15, 0.2) is 6.10 Å². The molecule has 0 aliphatic rings. The Kier molecular flexibility index (Phi) is 5.26. The summed E-state index contributed by atoms with van der Waals surface area (Å²) in [6, 6.07) is 12.8. The van der Waals surface area contributed by atoms with Gasteiger partial charge >= 0.3 is 0 Å². The molecule has 0 spiro atoms. The third-order valence-corrected chi connectivity index (χ3v) is 3.82. The molecule has 1 amide bonds. The Morgan fingerprint density at radius 1 is 1.29 bits per heavy atom. The number of nitrogens with one attached hydrogen (secondary N) is 1. The average molecular weight is 369 g/mol. The number of carbonyl (C=O) groups is 1. The van der Waals surface area contributed by atoms with Gasteiger partial charge in [0.2, 0.25) is 0 Å². The number of aryl methyl sites for hydroxylation is 1. The molecule has 21 heavy (non-hydrogen) atoms. The predicted molar refractivity (Wildman–Crippen MR) is 89.1 cm³/mol. The van der Waals surface area contributed by atoms with Crippen LogP contribution in [0.5, 0.6) is 5.75 Å². The minimum absolute atomic E-state index is 0.227. The molecule has 2 aromatic rings. The van der Waals surface area contributed by atoms with Crippen LogP contribution in [0.3, 0.4) is 0 Å². The zero-order valence-corrected chi connectivity index (χ0v) is 14.0. The number of carbonyl (C=O) groups excluding carboxylic acids is 1. The largest absolute Gasteiger partial charge is 0.481 e. The Balaban J connectivity index is 2.00. The van der Waals surface area contributed by atoms with Crippen molar-refractivity contribution >= 4 is 39.1 Å². The van der Waals surface area contributed by atoms with Crippen molar-refractivity contribution in [2.75, 3.05) is 5.32 Å². The van der Waals surface area contributed by atoms with E-state index in [1.807, 2.05) is 37.3 Å². The van der Waals surface area contributed by atoms with Gasteiger partial charge < -0.3 is 10.1 Å². The molecule has 2 rings (SSSR count). The van der Waals surface area contributed by atoms with Crippen LogP contribution in [0.15, 0.2) is 46.9 Å². The summed E-state index contributed by atoms with van der Waals surface area (Å²) in [6.45, 7) is 3.61. The molecule has 0 aliphatic carbocycles. The van der Waals surface area contributed by atoms with Crippen LogP contribution in [0.2, 0.25) is 5.02 Å². The summed E-state index contributed by atoms with van der Waals surface area (Å²) in [7, 11) is 0. The molecule has 0 saturated carbocycles. The van der Waals surface area contributed by atoms with Crippen molar-refractivity contribution in [1.29, 1.82) is 0 Å². The number of amides is 1. The lowest BCUT2D eigenvalue weighted by Crippen LogP contribution is -2.30. The molecule has 1 N–H and O–H groups in total. The van der Waals surface area contributed by atoms with Gasteiger partial charge in [-0.2, -0.15) is 0 Å². The highest BCUT2D eigenvalue weighted by molar-refractivity contribution is 9.10. The van der Waals surface area contributed by atoms with Crippen molar-refractivity contribution < 1.29 is 9.53 Å². The molecular formula is C16H15BrClNO2. The first kappa shape index (κ1) is 15.9. The van der Waals surface area contributed by atoms with Gasteiger partial charge in [-0.15, -0.1) is 0 Å². The molecule has 0 heterocycles. The van der Waals surface area contributed by atoms with E-state index in [1.54, 1.807) is 19.1 Å². The Bertz CT molecular complexity index is 660. The normalized spacial score (nSPS) is 11.8. The minimum Gasteiger partial charge on any atom is -0.481 e. The standard InChI is InChI=1S/C16H15BrClNO2/c1-10-6-7-13(9-15(10)18)19-16(20)11(2)21-14-5-3-4-12(17)8-14/h3-9,11H,1-2H3,(H,19,20). The van der Waals surface area contributed by atoms with Crippen LogP contribution < -0.4 is 10.1 Å². The molecule has 0 aromatic heterocycles. The molecular weight excluding hydrogens is 354 g/mol. The van der Waals surface area contributed by atoms with Crippen LogP contribution in [-0.4, -0.2) is 12.0 Å². The lowest BCUT2D eigenvalue weighted by atomic mass is 10.2. The van der Waals surface area contributed by atoms with E-state index >= 15 is 0 Å². The van der Waals surface area contributed by atoms with Gasteiger partial charge in [0.1, 0.15) is 5.75 Å². The number of halogens is 2. The second-order valence-corrected chi connectivity index (χ2v) is 5.99. The van der Waals surface area contributed by atoms with Crippen LogP contribution in [-0.2, 0) is 4.79 Å². The highest BCUT2D eigenvalue weighted by Crippen LogP contribution is 2.21. The maximum absolute atomic E-state index is 12.1. The fourth-order valence-electron chi connectivity index (χ4n) is 1.71. The lowest BCUT2D eigenvalue weighted by molar-refractivity contribution is -0.122. The summed E-state index contributed by atoms with van der Waals surface area (Å²) < 4.78 is 6.51. The first-order valence-electron chi connectivity index (χ1n) is 6.45. The molecule has 0 bridgehead atoms. The molecule has 1 atom stereocenters. The molecule has 110 valence electrons. The summed E-state index contributed by atoms with van der Waals surface area (Å²) in [5.41, 5.74) is 1.62. The van der Waals surface area contributed by atoms with Crippen molar-refractivity contribution in [1.82, 2.24) is 0 Å². The highest BCUT2D eigenvalue weighted by Gasteiger charge is 2.15. The minimum atomic E-state index is -0.612. The monoisotopic (exact) mass is 367 g/mol. The van der Waals surface area contributed by atoms with E-state index in [1.165, 1.54) is 0 Å². The number of anilines is 1. The van der Waals surface area contributed by atoms with Gasteiger partial charge in [0.25, 0.3) is 5.91 Å². The van der Waals surface area contributed by atoms with Gasteiger partial charge in [0, 0.05) is 15.2 Å². The van der Waals surface area contributed by atoms with E-state index in [0.29, 0.717) is 16.5 Å². The van der Waals surface area contributed by atoms with Crippen molar-refractivity contribution in [3.63, 3.8) is 0 Å². The van der Waals surface area contributed by atoms with Crippen LogP contribution in [0.25, 0.3) is 0 Å². The Labute approximate surface area is 137 Å². The zero-order chi connectivity index (χ0) is 15.4. The second-order valence-electron chi connectivity index (χ2n) is 4.67. The highest BCUT2D eigenvalue weighted by atomic mass is 79.9. The van der Waals surface area contributed by atoms with E-state index in [9.17, 15) is 4.79 Å². The van der Waals surface area contributed by atoms with Gasteiger partial charge in [-0.25, -0.2) is 0 Å². The maximum atomic E-state index is 12.1. The molecule has 0 fully saturated rings. The molecule has 2 aromatic carbocycles. The topological polar surface area (TPSA) is 38.3 Å². The SMILES string of the molecule is Cc1ccc(NC(=O)C(C)Oc2cccc(Br)c2)cc1Cl. The summed E-state index contributed by atoms with van der Waals surface area (Å²) in [6.07, 6.45) is -0.612. The summed E-state index contributed by atoms with van der Waals surface area (Å²) in [5, 5.41) is 3.40. The van der Waals surface area contributed by atoms with E-state index in [2.05, 4.69) is 21.2 Å². The number of ether oxygens (including phenoxy) is 1. The lowest BCUT2D eigenvalue weighted by Gasteiger charge is -2.15. The van der Waals surface area contributed by atoms with Crippen molar-refractivity contribution in [2.24, 2.45) is 0 Å². The van der Waals surface area contributed by atoms with Gasteiger partial charge in [0.05, 0.1) is 0 Å².